The predicted molar refractivity (Wildman–Crippen MR) is 111 cm³/mol. The minimum absolute atomic E-state index is 0.0333. The van der Waals surface area contributed by atoms with Crippen molar-refractivity contribution in [3.8, 4) is 34.5 Å². The first-order valence-corrected chi connectivity index (χ1v) is 10.1. The molecule has 0 saturated heterocycles. The Labute approximate surface area is 182 Å². The van der Waals surface area contributed by atoms with Crippen molar-refractivity contribution in [1.29, 1.82) is 0 Å². The maximum Gasteiger partial charge on any atom is 0.312 e. The van der Waals surface area contributed by atoms with Crippen LogP contribution in [0.2, 0.25) is 0 Å². The van der Waals surface area contributed by atoms with Gasteiger partial charge >= 0.3 is 5.97 Å². The molecule has 3 aromatic carbocycles. The van der Waals surface area contributed by atoms with Crippen molar-refractivity contribution in [3.05, 3.63) is 70.8 Å². The minimum Gasteiger partial charge on any atom is -0.508 e. The molecule has 0 aromatic heterocycles. The maximum atomic E-state index is 12.3. The molecule has 32 heavy (non-hydrogen) atoms. The molecule has 5 N–H and O–H groups in total. The number of phenols is 4. The highest BCUT2D eigenvalue weighted by atomic mass is 16.5. The largest absolute Gasteiger partial charge is 0.508 e. The molecule has 164 valence electrons. The molecular formula is C24H20O8. The van der Waals surface area contributed by atoms with Crippen LogP contribution in [-0.4, -0.2) is 37.6 Å². The first kappa shape index (κ1) is 20.0. The van der Waals surface area contributed by atoms with Crippen molar-refractivity contribution < 1.29 is 39.8 Å². The Morgan fingerprint density at radius 2 is 1.53 bits per heavy atom. The van der Waals surface area contributed by atoms with Gasteiger partial charge < -0.3 is 35.0 Å². The highest BCUT2D eigenvalue weighted by Gasteiger charge is 2.40. The molecule has 3 unspecified atom stereocenters. The number of hydrogen-bond acceptors (Lipinski definition) is 8. The number of benzene rings is 3. The molecule has 0 aliphatic carbocycles. The molecule has 2 aliphatic rings. The third kappa shape index (κ3) is 3.25. The third-order valence-electron chi connectivity index (χ3n) is 5.94. The number of fused-ring (bicyclic) bond motifs is 3. The standard InChI is InChI=1S/C24H20O8/c25-13-4-1-11(2-5-13)14-9-21(30)31-20-10-17(27)15-8-19(29)23(32-24(15)22(14)20)12-3-6-16(26)18(28)7-12/h1-7,10,14,19,23,25-29H,8-9H2. The van der Waals surface area contributed by atoms with Crippen molar-refractivity contribution >= 4 is 5.97 Å². The second kappa shape index (κ2) is 7.35. The van der Waals surface area contributed by atoms with Crippen LogP contribution in [0.25, 0.3) is 0 Å². The first-order chi connectivity index (χ1) is 15.3. The fraction of sp³-hybridized carbons (Fsp3) is 0.208. The van der Waals surface area contributed by atoms with Crippen LogP contribution in [0.1, 0.15) is 40.7 Å². The van der Waals surface area contributed by atoms with E-state index >= 15 is 0 Å². The van der Waals surface area contributed by atoms with E-state index in [2.05, 4.69) is 0 Å². The number of carbonyl (C=O) groups excluding carboxylic acids is 1. The fourth-order valence-electron chi connectivity index (χ4n) is 4.38. The molecule has 8 heteroatoms. The minimum atomic E-state index is -1.03. The fourth-order valence-corrected chi connectivity index (χ4v) is 4.38. The second-order valence-corrected chi connectivity index (χ2v) is 8.00. The summed E-state index contributed by atoms with van der Waals surface area (Å²) in [7, 11) is 0. The molecule has 8 nitrogen and oxygen atoms in total. The second-order valence-electron chi connectivity index (χ2n) is 8.00. The Morgan fingerprint density at radius 1 is 0.812 bits per heavy atom. The van der Waals surface area contributed by atoms with E-state index in [1.54, 1.807) is 12.1 Å². The summed E-state index contributed by atoms with van der Waals surface area (Å²) in [5, 5.41) is 50.4. The number of phenolic OH excluding ortho intramolecular Hbond substituents is 4. The summed E-state index contributed by atoms with van der Waals surface area (Å²) in [6.07, 6.45) is -1.82. The third-order valence-corrected chi connectivity index (χ3v) is 5.94. The number of aliphatic hydroxyl groups excluding tert-OH is 1. The lowest BCUT2D eigenvalue weighted by molar-refractivity contribution is -0.135. The van der Waals surface area contributed by atoms with E-state index in [1.165, 1.54) is 36.4 Å². The van der Waals surface area contributed by atoms with Crippen LogP contribution in [0.15, 0.2) is 48.5 Å². The lowest BCUT2D eigenvalue weighted by Gasteiger charge is -2.36. The van der Waals surface area contributed by atoms with Gasteiger partial charge in [-0.1, -0.05) is 18.2 Å². The molecule has 3 atom stereocenters. The predicted octanol–water partition coefficient (Wildman–Crippen LogP) is 2.99. The summed E-state index contributed by atoms with van der Waals surface area (Å²) < 4.78 is 11.6. The molecular weight excluding hydrogens is 416 g/mol. The van der Waals surface area contributed by atoms with Crippen LogP contribution >= 0.6 is 0 Å². The topological polar surface area (TPSA) is 137 Å². The lowest BCUT2D eigenvalue weighted by atomic mass is 9.82. The van der Waals surface area contributed by atoms with Gasteiger partial charge in [-0.25, -0.2) is 0 Å². The SMILES string of the molecule is O=C1CC(c2ccc(O)cc2)c2c(cc(O)c3c2OC(c2ccc(O)c(O)c2)C(O)C3)O1. The lowest BCUT2D eigenvalue weighted by Crippen LogP contribution is -2.32. The highest BCUT2D eigenvalue weighted by Crippen LogP contribution is 2.52. The van der Waals surface area contributed by atoms with E-state index in [9.17, 15) is 30.3 Å². The van der Waals surface area contributed by atoms with Gasteiger partial charge in [0.1, 0.15) is 29.1 Å². The molecule has 2 heterocycles. The number of ether oxygens (including phenoxy) is 2. The molecule has 0 spiro atoms. The summed E-state index contributed by atoms with van der Waals surface area (Å²) in [4.78, 5) is 12.3. The Hall–Kier alpha value is -3.91. The van der Waals surface area contributed by atoms with E-state index in [1.807, 2.05) is 0 Å². The number of aliphatic hydroxyl groups is 1. The molecule has 0 radical (unpaired) electrons. The van der Waals surface area contributed by atoms with Crippen LogP contribution in [0.5, 0.6) is 34.5 Å². The number of esters is 1. The van der Waals surface area contributed by atoms with Crippen LogP contribution in [0, 0.1) is 0 Å². The van der Waals surface area contributed by atoms with Gasteiger partial charge in [-0.05, 0) is 35.4 Å². The van der Waals surface area contributed by atoms with E-state index in [0.29, 0.717) is 22.4 Å². The Morgan fingerprint density at radius 3 is 2.25 bits per heavy atom. The molecule has 3 aromatic rings. The molecule has 5 rings (SSSR count). The zero-order valence-corrected chi connectivity index (χ0v) is 16.7. The smallest absolute Gasteiger partial charge is 0.312 e. The zero-order chi connectivity index (χ0) is 22.6. The molecule has 0 bridgehead atoms. The summed E-state index contributed by atoms with van der Waals surface area (Å²) in [6, 6.07) is 11.9. The zero-order valence-electron chi connectivity index (χ0n) is 16.7. The monoisotopic (exact) mass is 436 g/mol. The summed E-state index contributed by atoms with van der Waals surface area (Å²) >= 11 is 0. The first-order valence-electron chi connectivity index (χ1n) is 10.1. The Bertz CT molecular complexity index is 1220. The van der Waals surface area contributed by atoms with Gasteiger partial charge in [0.25, 0.3) is 0 Å². The number of carbonyl (C=O) groups is 1. The van der Waals surface area contributed by atoms with Gasteiger partial charge in [0.15, 0.2) is 11.5 Å². The molecule has 0 fully saturated rings. The highest BCUT2D eigenvalue weighted by molar-refractivity contribution is 5.80. The summed E-state index contributed by atoms with van der Waals surface area (Å²) in [5.74, 6) is -1.17. The van der Waals surface area contributed by atoms with Gasteiger partial charge in [0.2, 0.25) is 0 Å². The Balaban J connectivity index is 1.65. The van der Waals surface area contributed by atoms with Crippen molar-refractivity contribution in [3.63, 3.8) is 0 Å². The van der Waals surface area contributed by atoms with E-state index < -0.39 is 24.1 Å². The van der Waals surface area contributed by atoms with Gasteiger partial charge in [-0.3, -0.25) is 4.79 Å². The van der Waals surface area contributed by atoms with Crippen molar-refractivity contribution in [2.24, 2.45) is 0 Å². The summed E-state index contributed by atoms with van der Waals surface area (Å²) in [6.45, 7) is 0. The average Bonchev–Trinajstić information content (AvgIpc) is 2.75. The van der Waals surface area contributed by atoms with Crippen molar-refractivity contribution in [2.45, 2.75) is 31.0 Å². The molecule has 0 amide bonds. The Kier molecular flexibility index (Phi) is 4.60. The van der Waals surface area contributed by atoms with E-state index in [0.717, 1.165) is 5.56 Å². The normalized spacial score (nSPS) is 21.8. The number of hydrogen-bond donors (Lipinski definition) is 5. The average molecular weight is 436 g/mol. The molecule has 2 aliphatic heterocycles. The van der Waals surface area contributed by atoms with Crippen LogP contribution in [0.4, 0.5) is 0 Å². The summed E-state index contributed by atoms with van der Waals surface area (Å²) in [5.41, 5.74) is 2.13. The molecule has 0 saturated carbocycles. The van der Waals surface area contributed by atoms with Gasteiger partial charge in [-0.15, -0.1) is 0 Å². The maximum absolute atomic E-state index is 12.3. The quantitative estimate of drug-likeness (QED) is 0.235. The van der Waals surface area contributed by atoms with Gasteiger partial charge in [-0.2, -0.15) is 0 Å². The number of rotatable bonds is 2. The van der Waals surface area contributed by atoms with Crippen LogP contribution < -0.4 is 9.47 Å². The van der Waals surface area contributed by atoms with E-state index in [4.69, 9.17) is 9.47 Å². The van der Waals surface area contributed by atoms with Crippen LogP contribution in [-0.2, 0) is 11.2 Å². The number of aromatic hydroxyl groups is 4. The van der Waals surface area contributed by atoms with Crippen LogP contribution in [0.3, 0.4) is 0 Å². The van der Waals surface area contributed by atoms with Gasteiger partial charge in [0.05, 0.1) is 12.5 Å². The van der Waals surface area contributed by atoms with Crippen molar-refractivity contribution in [2.75, 3.05) is 0 Å². The van der Waals surface area contributed by atoms with Gasteiger partial charge in [0, 0.05) is 29.5 Å². The van der Waals surface area contributed by atoms with E-state index in [-0.39, 0.29) is 41.6 Å². The van der Waals surface area contributed by atoms with Crippen molar-refractivity contribution in [1.82, 2.24) is 0 Å².